The van der Waals surface area contributed by atoms with Crippen LogP contribution in [0.1, 0.15) is 25.0 Å². The van der Waals surface area contributed by atoms with Gasteiger partial charge in [-0.1, -0.05) is 67.9 Å². The number of carbonyl (C=O) groups is 3. The maximum absolute atomic E-state index is 12.9. The van der Waals surface area contributed by atoms with Crippen molar-refractivity contribution < 1.29 is 23.9 Å². The van der Waals surface area contributed by atoms with Crippen LogP contribution in [0.5, 0.6) is 0 Å². The van der Waals surface area contributed by atoms with Crippen molar-refractivity contribution in [3.8, 4) is 0 Å². The van der Waals surface area contributed by atoms with E-state index in [1.54, 1.807) is 38.1 Å². The molecule has 166 valence electrons. The first kappa shape index (κ1) is 24.2. The monoisotopic (exact) mass is 446 g/mol. The number of halogens is 1. The number of ether oxygens (including phenoxy) is 2. The van der Waals surface area contributed by atoms with E-state index in [1.807, 2.05) is 30.3 Å². The minimum absolute atomic E-state index is 0.0820. The summed E-state index contributed by atoms with van der Waals surface area (Å²) in [6, 6.07) is 14.4. The molecule has 0 aromatic heterocycles. The van der Waals surface area contributed by atoms with E-state index in [1.165, 1.54) is 7.11 Å². The molecule has 0 bridgehead atoms. The zero-order valence-electron chi connectivity index (χ0n) is 17.8. The van der Waals surface area contributed by atoms with Gasteiger partial charge in [-0.2, -0.15) is 0 Å². The molecule has 0 spiro atoms. The van der Waals surface area contributed by atoms with E-state index in [2.05, 4.69) is 10.6 Å². The molecular formula is C23H27ClN2O5. The first-order valence-corrected chi connectivity index (χ1v) is 10.3. The average molecular weight is 447 g/mol. The highest BCUT2D eigenvalue weighted by Gasteiger charge is 2.29. The Morgan fingerprint density at radius 2 is 1.65 bits per heavy atom. The van der Waals surface area contributed by atoms with Gasteiger partial charge in [0.05, 0.1) is 7.11 Å². The van der Waals surface area contributed by atoms with Crippen molar-refractivity contribution in [1.29, 1.82) is 0 Å². The zero-order chi connectivity index (χ0) is 22.8. The van der Waals surface area contributed by atoms with Gasteiger partial charge in [0, 0.05) is 11.4 Å². The van der Waals surface area contributed by atoms with Gasteiger partial charge < -0.3 is 20.1 Å². The molecular weight excluding hydrogens is 420 g/mol. The van der Waals surface area contributed by atoms with E-state index in [0.29, 0.717) is 5.02 Å². The van der Waals surface area contributed by atoms with Crippen LogP contribution in [0.4, 0.5) is 4.79 Å². The molecule has 2 aromatic rings. The number of methoxy groups -OCH3 is 1. The lowest BCUT2D eigenvalue weighted by molar-refractivity contribution is -0.145. The molecule has 2 aromatic carbocycles. The van der Waals surface area contributed by atoms with Crippen LogP contribution in [-0.2, 0) is 32.1 Å². The normalized spacial score (nSPS) is 12.5. The van der Waals surface area contributed by atoms with Crippen molar-refractivity contribution in [2.75, 3.05) is 7.11 Å². The second-order valence-corrected chi connectivity index (χ2v) is 7.78. The predicted molar refractivity (Wildman–Crippen MR) is 117 cm³/mol. The third-order valence-electron chi connectivity index (χ3n) is 4.57. The van der Waals surface area contributed by atoms with E-state index in [0.717, 1.165) is 11.1 Å². The van der Waals surface area contributed by atoms with Crippen LogP contribution in [0.15, 0.2) is 54.6 Å². The van der Waals surface area contributed by atoms with Crippen LogP contribution < -0.4 is 10.6 Å². The number of amides is 2. The van der Waals surface area contributed by atoms with Gasteiger partial charge in [0.25, 0.3) is 0 Å². The van der Waals surface area contributed by atoms with E-state index in [-0.39, 0.29) is 18.9 Å². The Balaban J connectivity index is 2.02. The summed E-state index contributed by atoms with van der Waals surface area (Å²) >= 11 is 6.01. The number of esters is 1. The Labute approximate surface area is 187 Å². The number of nitrogens with one attached hydrogen (secondary N) is 2. The molecule has 0 heterocycles. The van der Waals surface area contributed by atoms with Crippen molar-refractivity contribution >= 4 is 29.6 Å². The van der Waals surface area contributed by atoms with Gasteiger partial charge in [0.2, 0.25) is 5.91 Å². The summed E-state index contributed by atoms with van der Waals surface area (Å²) < 4.78 is 10.0. The van der Waals surface area contributed by atoms with Gasteiger partial charge >= 0.3 is 12.1 Å². The van der Waals surface area contributed by atoms with Gasteiger partial charge in [0.15, 0.2) is 0 Å². The largest absolute Gasteiger partial charge is 0.467 e. The summed E-state index contributed by atoms with van der Waals surface area (Å²) in [5.74, 6) is -1.35. The van der Waals surface area contributed by atoms with Gasteiger partial charge in [-0.15, -0.1) is 0 Å². The number of benzene rings is 2. The molecule has 2 atom stereocenters. The molecule has 0 aliphatic rings. The molecule has 0 aliphatic heterocycles. The average Bonchev–Trinajstić information content (AvgIpc) is 2.75. The Bertz CT molecular complexity index is 889. The highest BCUT2D eigenvalue weighted by atomic mass is 35.5. The van der Waals surface area contributed by atoms with E-state index in [4.69, 9.17) is 21.1 Å². The maximum Gasteiger partial charge on any atom is 0.408 e. The van der Waals surface area contributed by atoms with Crippen LogP contribution in [0, 0.1) is 5.92 Å². The molecule has 2 amide bonds. The minimum Gasteiger partial charge on any atom is -0.467 e. The molecule has 2 N–H and O–H groups in total. The molecule has 2 rings (SSSR count). The standard InChI is InChI=1S/C23H27ClN2O5/c1-15(2)20(26-23(29)31-14-16-8-5-4-6-9-16)21(27)25-19(22(28)30-3)13-17-10-7-11-18(24)12-17/h4-12,15,19-20H,13-14H2,1-3H3,(H,25,27)(H,26,29)/t19-,20-/m1/s1. The molecule has 0 fully saturated rings. The van der Waals surface area contributed by atoms with Gasteiger partial charge in [0.1, 0.15) is 18.7 Å². The lowest BCUT2D eigenvalue weighted by Crippen LogP contribution is -2.54. The number of carbonyl (C=O) groups excluding carboxylic acids is 3. The number of hydrogen-bond acceptors (Lipinski definition) is 5. The number of hydrogen-bond donors (Lipinski definition) is 2. The maximum atomic E-state index is 12.9. The van der Waals surface area contributed by atoms with Crippen molar-refractivity contribution in [3.05, 3.63) is 70.7 Å². The Morgan fingerprint density at radius 1 is 0.968 bits per heavy atom. The molecule has 0 radical (unpaired) electrons. The topological polar surface area (TPSA) is 93.7 Å². The molecule has 0 saturated heterocycles. The Kier molecular flexibility index (Phi) is 9.34. The van der Waals surface area contributed by atoms with Crippen molar-refractivity contribution in [3.63, 3.8) is 0 Å². The third kappa shape index (κ3) is 7.94. The van der Waals surface area contributed by atoms with Crippen LogP contribution in [0.3, 0.4) is 0 Å². The lowest BCUT2D eigenvalue weighted by Gasteiger charge is -2.24. The molecule has 0 saturated carbocycles. The molecule has 7 nitrogen and oxygen atoms in total. The van der Waals surface area contributed by atoms with Crippen LogP contribution >= 0.6 is 11.6 Å². The highest BCUT2D eigenvalue weighted by molar-refractivity contribution is 6.30. The van der Waals surface area contributed by atoms with E-state index < -0.39 is 30.1 Å². The second-order valence-electron chi connectivity index (χ2n) is 7.35. The first-order valence-electron chi connectivity index (χ1n) is 9.90. The SMILES string of the molecule is COC(=O)[C@@H](Cc1cccc(Cl)c1)NC(=O)[C@H](NC(=O)OCc1ccccc1)C(C)C. The second kappa shape index (κ2) is 12.0. The lowest BCUT2D eigenvalue weighted by atomic mass is 10.0. The third-order valence-corrected chi connectivity index (χ3v) is 4.80. The fourth-order valence-corrected chi connectivity index (χ4v) is 3.14. The summed E-state index contributed by atoms with van der Waals surface area (Å²) in [6.45, 7) is 3.65. The van der Waals surface area contributed by atoms with Gasteiger partial charge in [-0.25, -0.2) is 9.59 Å². The van der Waals surface area contributed by atoms with Crippen LogP contribution in [0.2, 0.25) is 5.02 Å². The fourth-order valence-electron chi connectivity index (χ4n) is 2.92. The van der Waals surface area contributed by atoms with E-state index >= 15 is 0 Å². The first-order chi connectivity index (χ1) is 14.8. The van der Waals surface area contributed by atoms with Crippen LogP contribution in [0.25, 0.3) is 0 Å². The highest BCUT2D eigenvalue weighted by Crippen LogP contribution is 2.13. The summed E-state index contributed by atoms with van der Waals surface area (Å²) in [4.78, 5) is 37.3. The Hall–Kier alpha value is -3.06. The molecule has 8 heteroatoms. The Morgan fingerprint density at radius 3 is 2.26 bits per heavy atom. The summed E-state index contributed by atoms with van der Waals surface area (Å²) in [6.07, 6.45) is -0.524. The summed E-state index contributed by atoms with van der Waals surface area (Å²) in [7, 11) is 1.25. The summed E-state index contributed by atoms with van der Waals surface area (Å²) in [5, 5.41) is 5.77. The van der Waals surface area contributed by atoms with Crippen LogP contribution in [-0.4, -0.2) is 37.2 Å². The van der Waals surface area contributed by atoms with Gasteiger partial charge in [-0.3, -0.25) is 4.79 Å². The summed E-state index contributed by atoms with van der Waals surface area (Å²) in [5.41, 5.74) is 1.59. The smallest absolute Gasteiger partial charge is 0.408 e. The molecule has 0 unspecified atom stereocenters. The zero-order valence-corrected chi connectivity index (χ0v) is 18.5. The molecule has 31 heavy (non-hydrogen) atoms. The number of rotatable bonds is 9. The van der Waals surface area contributed by atoms with Crippen molar-refractivity contribution in [2.45, 2.75) is 39.0 Å². The van der Waals surface area contributed by atoms with Crippen molar-refractivity contribution in [2.24, 2.45) is 5.92 Å². The van der Waals surface area contributed by atoms with Crippen molar-refractivity contribution in [1.82, 2.24) is 10.6 Å². The minimum atomic E-state index is -0.931. The predicted octanol–water partition coefficient (Wildman–Crippen LogP) is 3.49. The van der Waals surface area contributed by atoms with E-state index in [9.17, 15) is 14.4 Å². The fraction of sp³-hybridized carbons (Fsp3) is 0.348. The van der Waals surface area contributed by atoms with Gasteiger partial charge in [-0.05, 0) is 29.2 Å². The number of alkyl carbamates (subject to hydrolysis) is 1. The molecule has 0 aliphatic carbocycles. The quantitative estimate of drug-likeness (QED) is 0.575.